The summed E-state index contributed by atoms with van der Waals surface area (Å²) in [5, 5.41) is 7.53. The number of hydrogen-bond acceptors (Lipinski definition) is 6. The number of nitrogens with zero attached hydrogens (tertiary/aromatic N) is 2. The van der Waals surface area contributed by atoms with Crippen LogP contribution < -0.4 is 4.74 Å². The van der Waals surface area contributed by atoms with Gasteiger partial charge in [0.05, 0.1) is 24.5 Å². The van der Waals surface area contributed by atoms with Crippen molar-refractivity contribution in [3.8, 4) is 17.1 Å². The number of thioether (sulfide) groups is 1. The predicted octanol–water partition coefficient (Wildman–Crippen LogP) is 3.31. The second kappa shape index (κ2) is 9.19. The number of esters is 1. The molecule has 2 aromatic rings. The highest BCUT2D eigenvalue weighted by Gasteiger charge is 2.12. The van der Waals surface area contributed by atoms with Gasteiger partial charge in [-0.15, -0.1) is 5.10 Å². The number of ether oxygens (including phenoxy) is 2. The van der Waals surface area contributed by atoms with E-state index in [1.165, 1.54) is 11.8 Å². The van der Waals surface area contributed by atoms with Crippen molar-refractivity contribution in [2.24, 2.45) is 0 Å². The third kappa shape index (κ3) is 5.28. The summed E-state index contributed by atoms with van der Waals surface area (Å²) < 4.78 is 10.7. The largest absolute Gasteiger partial charge is 0.493 e. The SMILES string of the molecule is CCCCOc1ccccc1-c1nc(SCC(=O)OCC)n[nH]1. The monoisotopic (exact) mass is 335 g/mol. The normalized spacial score (nSPS) is 10.5. The molecule has 1 aromatic heterocycles. The first-order valence-corrected chi connectivity index (χ1v) is 8.66. The summed E-state index contributed by atoms with van der Waals surface area (Å²) in [4.78, 5) is 15.8. The zero-order valence-corrected chi connectivity index (χ0v) is 14.2. The Labute approximate surface area is 140 Å². The van der Waals surface area contributed by atoms with Crippen molar-refractivity contribution in [1.82, 2.24) is 15.2 Å². The number of rotatable bonds is 9. The molecule has 2 rings (SSSR count). The van der Waals surface area contributed by atoms with E-state index in [1.807, 2.05) is 24.3 Å². The van der Waals surface area contributed by atoms with Crippen molar-refractivity contribution in [1.29, 1.82) is 0 Å². The van der Waals surface area contributed by atoms with Gasteiger partial charge in [0.1, 0.15) is 5.75 Å². The molecule has 1 N–H and O–H groups in total. The molecular formula is C16H21N3O3S. The number of carbonyl (C=O) groups excluding carboxylic acids is 1. The zero-order chi connectivity index (χ0) is 16.5. The lowest BCUT2D eigenvalue weighted by Gasteiger charge is -2.08. The van der Waals surface area contributed by atoms with Gasteiger partial charge in [0.2, 0.25) is 5.16 Å². The topological polar surface area (TPSA) is 77.1 Å². The summed E-state index contributed by atoms with van der Waals surface area (Å²) in [5.41, 5.74) is 0.860. The molecule has 0 saturated heterocycles. The van der Waals surface area contributed by atoms with Gasteiger partial charge < -0.3 is 9.47 Å². The van der Waals surface area contributed by atoms with Crippen molar-refractivity contribution in [3.63, 3.8) is 0 Å². The van der Waals surface area contributed by atoms with Crippen LogP contribution in [0.15, 0.2) is 29.4 Å². The van der Waals surface area contributed by atoms with Crippen LogP contribution in [0.3, 0.4) is 0 Å². The average Bonchev–Trinajstić information content (AvgIpc) is 3.03. The highest BCUT2D eigenvalue weighted by atomic mass is 32.2. The maximum Gasteiger partial charge on any atom is 0.316 e. The lowest BCUT2D eigenvalue weighted by atomic mass is 10.2. The van der Waals surface area contributed by atoms with Gasteiger partial charge in [0.25, 0.3) is 0 Å². The predicted molar refractivity (Wildman–Crippen MR) is 89.6 cm³/mol. The summed E-state index contributed by atoms with van der Waals surface area (Å²) in [5.74, 6) is 1.33. The average molecular weight is 335 g/mol. The Bertz CT molecular complexity index is 631. The van der Waals surface area contributed by atoms with E-state index in [9.17, 15) is 4.79 Å². The smallest absolute Gasteiger partial charge is 0.316 e. The Morgan fingerprint density at radius 2 is 2.13 bits per heavy atom. The number of aromatic amines is 1. The Morgan fingerprint density at radius 1 is 1.30 bits per heavy atom. The number of hydrogen-bond donors (Lipinski definition) is 1. The Balaban J connectivity index is 2.03. The first-order chi connectivity index (χ1) is 11.2. The van der Waals surface area contributed by atoms with Crippen molar-refractivity contribution >= 4 is 17.7 Å². The molecule has 0 spiro atoms. The van der Waals surface area contributed by atoms with Crippen LogP contribution in [0, 0.1) is 0 Å². The van der Waals surface area contributed by atoms with Crippen molar-refractivity contribution in [2.75, 3.05) is 19.0 Å². The number of benzene rings is 1. The highest BCUT2D eigenvalue weighted by Crippen LogP contribution is 2.28. The molecule has 23 heavy (non-hydrogen) atoms. The van der Waals surface area contributed by atoms with Crippen LogP contribution in [0.1, 0.15) is 26.7 Å². The molecule has 0 atom stereocenters. The lowest BCUT2D eigenvalue weighted by molar-refractivity contribution is -0.139. The number of unbranched alkanes of at least 4 members (excludes halogenated alkanes) is 1. The first kappa shape index (κ1) is 17.3. The number of H-pyrrole nitrogens is 1. The minimum Gasteiger partial charge on any atom is -0.493 e. The van der Waals surface area contributed by atoms with Gasteiger partial charge >= 0.3 is 5.97 Å². The molecule has 0 aliphatic heterocycles. The van der Waals surface area contributed by atoms with Gasteiger partial charge in [-0.05, 0) is 25.5 Å². The minimum absolute atomic E-state index is 0.194. The number of carbonyl (C=O) groups is 1. The summed E-state index contributed by atoms with van der Waals surface area (Å²) in [6, 6.07) is 7.70. The molecule has 0 amide bonds. The van der Waals surface area contributed by atoms with Crippen LogP contribution in [0.4, 0.5) is 0 Å². The van der Waals surface area contributed by atoms with Crippen LogP contribution >= 0.6 is 11.8 Å². The molecular weight excluding hydrogens is 314 g/mol. The van der Waals surface area contributed by atoms with Gasteiger partial charge in [-0.1, -0.05) is 37.2 Å². The summed E-state index contributed by atoms with van der Waals surface area (Å²) >= 11 is 1.24. The fourth-order valence-corrected chi connectivity index (χ4v) is 2.47. The zero-order valence-electron chi connectivity index (χ0n) is 13.4. The Morgan fingerprint density at radius 3 is 2.91 bits per heavy atom. The molecule has 0 unspecified atom stereocenters. The first-order valence-electron chi connectivity index (χ1n) is 7.67. The molecule has 0 fully saturated rings. The molecule has 0 aliphatic rings. The van der Waals surface area contributed by atoms with Gasteiger partial charge in [0.15, 0.2) is 5.82 Å². The molecule has 1 heterocycles. The number of para-hydroxylation sites is 1. The lowest BCUT2D eigenvalue weighted by Crippen LogP contribution is -2.06. The molecule has 0 radical (unpaired) electrons. The second-order valence-electron chi connectivity index (χ2n) is 4.76. The van der Waals surface area contributed by atoms with Crippen LogP contribution in [-0.4, -0.2) is 40.1 Å². The molecule has 0 saturated carbocycles. The fraction of sp³-hybridized carbons (Fsp3) is 0.438. The van der Waals surface area contributed by atoms with Gasteiger partial charge in [-0.2, -0.15) is 0 Å². The third-order valence-corrected chi connectivity index (χ3v) is 3.81. The summed E-state index contributed by atoms with van der Waals surface area (Å²) in [7, 11) is 0. The standard InChI is InChI=1S/C16H21N3O3S/c1-3-5-10-22-13-9-7-6-8-12(13)15-17-16(19-18-15)23-11-14(20)21-4-2/h6-9H,3-5,10-11H2,1-2H3,(H,17,18,19). The van der Waals surface area contributed by atoms with Crippen molar-refractivity contribution in [3.05, 3.63) is 24.3 Å². The van der Waals surface area contributed by atoms with E-state index in [0.29, 0.717) is 24.2 Å². The highest BCUT2D eigenvalue weighted by molar-refractivity contribution is 7.99. The maximum absolute atomic E-state index is 11.4. The Kier molecular flexibility index (Phi) is 6.93. The van der Waals surface area contributed by atoms with Gasteiger partial charge in [0, 0.05) is 0 Å². The number of aromatic nitrogens is 3. The van der Waals surface area contributed by atoms with Crippen LogP contribution in [-0.2, 0) is 9.53 Å². The van der Waals surface area contributed by atoms with E-state index < -0.39 is 0 Å². The van der Waals surface area contributed by atoms with E-state index in [4.69, 9.17) is 9.47 Å². The molecule has 0 aliphatic carbocycles. The van der Waals surface area contributed by atoms with Crippen molar-refractivity contribution < 1.29 is 14.3 Å². The van der Waals surface area contributed by atoms with E-state index in [2.05, 4.69) is 22.1 Å². The van der Waals surface area contributed by atoms with Crippen LogP contribution in [0.5, 0.6) is 5.75 Å². The van der Waals surface area contributed by atoms with Crippen molar-refractivity contribution in [2.45, 2.75) is 31.8 Å². The second-order valence-corrected chi connectivity index (χ2v) is 5.70. The van der Waals surface area contributed by atoms with E-state index in [1.54, 1.807) is 6.92 Å². The van der Waals surface area contributed by atoms with E-state index in [0.717, 1.165) is 24.2 Å². The minimum atomic E-state index is -0.271. The summed E-state index contributed by atoms with van der Waals surface area (Å²) in [6.07, 6.45) is 2.09. The maximum atomic E-state index is 11.4. The van der Waals surface area contributed by atoms with Gasteiger partial charge in [-0.3, -0.25) is 9.89 Å². The fourth-order valence-electron chi connectivity index (χ4n) is 1.87. The quantitative estimate of drug-likeness (QED) is 0.430. The third-order valence-electron chi connectivity index (χ3n) is 2.99. The molecule has 6 nitrogen and oxygen atoms in total. The van der Waals surface area contributed by atoms with E-state index >= 15 is 0 Å². The van der Waals surface area contributed by atoms with Crippen LogP contribution in [0.2, 0.25) is 0 Å². The molecule has 124 valence electrons. The number of nitrogens with one attached hydrogen (secondary N) is 1. The molecule has 0 bridgehead atoms. The summed E-state index contributed by atoms with van der Waals surface area (Å²) in [6.45, 7) is 4.95. The molecule has 1 aromatic carbocycles. The Hall–Kier alpha value is -2.02. The molecule has 7 heteroatoms. The van der Waals surface area contributed by atoms with Gasteiger partial charge in [-0.25, -0.2) is 4.98 Å². The van der Waals surface area contributed by atoms with Crippen LogP contribution in [0.25, 0.3) is 11.4 Å². The van der Waals surface area contributed by atoms with E-state index in [-0.39, 0.29) is 11.7 Å².